The van der Waals surface area contributed by atoms with Crippen LogP contribution in [0.25, 0.3) is 0 Å². The number of hydrogen-bond donors (Lipinski definition) is 1. The molecule has 0 fully saturated rings. The molecule has 1 heterocycles. The van der Waals surface area contributed by atoms with Gasteiger partial charge in [-0.1, -0.05) is 12.1 Å². The van der Waals surface area contributed by atoms with Crippen LogP contribution in [0.4, 0.5) is 0 Å². The highest BCUT2D eigenvalue weighted by Gasteiger charge is 2.03. The van der Waals surface area contributed by atoms with Crippen LogP contribution in [0.5, 0.6) is 5.75 Å². The molecule has 0 aliphatic carbocycles. The maximum atomic E-state index is 11.8. The minimum Gasteiger partial charge on any atom is -0.497 e. The van der Waals surface area contributed by atoms with E-state index in [9.17, 15) is 4.79 Å². The Labute approximate surface area is 118 Å². The van der Waals surface area contributed by atoms with E-state index in [0.717, 1.165) is 16.9 Å². The SMILES string of the molecule is COc1cccc(CCC(=O)NCc2ccncc2)c1. The summed E-state index contributed by atoms with van der Waals surface area (Å²) in [6.07, 6.45) is 4.62. The number of carbonyl (C=O) groups excluding carboxylic acids is 1. The maximum absolute atomic E-state index is 11.8. The smallest absolute Gasteiger partial charge is 0.220 e. The first-order chi connectivity index (χ1) is 9.78. The number of nitrogens with zero attached hydrogens (tertiary/aromatic N) is 1. The lowest BCUT2D eigenvalue weighted by molar-refractivity contribution is -0.121. The van der Waals surface area contributed by atoms with Gasteiger partial charge in [0.1, 0.15) is 5.75 Å². The average Bonchev–Trinajstić information content (AvgIpc) is 2.52. The Balaban J connectivity index is 1.77. The molecule has 20 heavy (non-hydrogen) atoms. The van der Waals surface area contributed by atoms with Crippen LogP contribution in [0, 0.1) is 0 Å². The van der Waals surface area contributed by atoms with Gasteiger partial charge >= 0.3 is 0 Å². The average molecular weight is 270 g/mol. The molecule has 4 nitrogen and oxygen atoms in total. The Kier molecular flexibility index (Phi) is 5.12. The first-order valence-electron chi connectivity index (χ1n) is 6.56. The molecule has 0 aliphatic rings. The fourth-order valence-electron chi connectivity index (χ4n) is 1.88. The maximum Gasteiger partial charge on any atom is 0.220 e. The lowest BCUT2D eigenvalue weighted by atomic mass is 10.1. The van der Waals surface area contributed by atoms with Crippen LogP contribution in [0.15, 0.2) is 48.8 Å². The van der Waals surface area contributed by atoms with Gasteiger partial charge < -0.3 is 10.1 Å². The number of rotatable bonds is 6. The van der Waals surface area contributed by atoms with Gasteiger partial charge in [-0.05, 0) is 41.8 Å². The number of methoxy groups -OCH3 is 1. The number of aromatic nitrogens is 1. The van der Waals surface area contributed by atoms with Crippen molar-refractivity contribution < 1.29 is 9.53 Å². The molecular formula is C16H18N2O2. The molecule has 0 aliphatic heterocycles. The Morgan fingerprint density at radius 1 is 1.20 bits per heavy atom. The summed E-state index contributed by atoms with van der Waals surface area (Å²) in [7, 11) is 1.64. The minimum atomic E-state index is 0.0460. The molecule has 4 heteroatoms. The van der Waals surface area contributed by atoms with Crippen molar-refractivity contribution in [2.45, 2.75) is 19.4 Å². The van der Waals surface area contributed by atoms with Crippen LogP contribution >= 0.6 is 0 Å². The van der Waals surface area contributed by atoms with E-state index < -0.39 is 0 Å². The molecule has 0 spiro atoms. The molecule has 0 radical (unpaired) electrons. The molecule has 2 aromatic rings. The van der Waals surface area contributed by atoms with Gasteiger partial charge in [-0.15, -0.1) is 0 Å². The molecule has 104 valence electrons. The quantitative estimate of drug-likeness (QED) is 0.876. The normalized spacial score (nSPS) is 10.1. The summed E-state index contributed by atoms with van der Waals surface area (Å²) in [5, 5.41) is 2.90. The van der Waals surface area contributed by atoms with Gasteiger partial charge in [0.2, 0.25) is 5.91 Å². The third-order valence-electron chi connectivity index (χ3n) is 3.01. The molecule has 1 aromatic carbocycles. The van der Waals surface area contributed by atoms with Crippen molar-refractivity contribution in [3.05, 3.63) is 59.9 Å². The third kappa shape index (κ3) is 4.39. The summed E-state index contributed by atoms with van der Waals surface area (Å²) in [6.45, 7) is 0.541. The second kappa shape index (κ2) is 7.28. The fraction of sp³-hybridized carbons (Fsp3) is 0.250. The topological polar surface area (TPSA) is 51.2 Å². The molecule has 0 saturated carbocycles. The van der Waals surface area contributed by atoms with Crippen molar-refractivity contribution in [2.75, 3.05) is 7.11 Å². The second-order valence-electron chi connectivity index (χ2n) is 4.48. The lowest BCUT2D eigenvalue weighted by Crippen LogP contribution is -2.22. The predicted molar refractivity (Wildman–Crippen MR) is 77.4 cm³/mol. The van der Waals surface area contributed by atoms with E-state index in [1.54, 1.807) is 19.5 Å². The van der Waals surface area contributed by atoms with E-state index in [1.807, 2.05) is 36.4 Å². The number of benzene rings is 1. The predicted octanol–water partition coefficient (Wildman–Crippen LogP) is 2.34. The Hall–Kier alpha value is -2.36. The second-order valence-corrected chi connectivity index (χ2v) is 4.48. The summed E-state index contributed by atoms with van der Waals surface area (Å²) in [6, 6.07) is 11.6. The summed E-state index contributed by atoms with van der Waals surface area (Å²) in [5.74, 6) is 0.865. The number of carbonyl (C=O) groups is 1. The van der Waals surface area contributed by atoms with Crippen molar-refractivity contribution in [1.82, 2.24) is 10.3 Å². The molecular weight excluding hydrogens is 252 g/mol. The summed E-state index contributed by atoms with van der Waals surface area (Å²) < 4.78 is 5.16. The van der Waals surface area contributed by atoms with Crippen molar-refractivity contribution in [2.24, 2.45) is 0 Å². The first kappa shape index (κ1) is 14.1. The summed E-state index contributed by atoms with van der Waals surface area (Å²) >= 11 is 0. The van der Waals surface area contributed by atoms with E-state index in [0.29, 0.717) is 19.4 Å². The van der Waals surface area contributed by atoms with Crippen LogP contribution in [0.3, 0.4) is 0 Å². The highest BCUT2D eigenvalue weighted by molar-refractivity contribution is 5.76. The van der Waals surface area contributed by atoms with Crippen LogP contribution in [-0.4, -0.2) is 18.0 Å². The molecule has 1 aromatic heterocycles. The zero-order chi connectivity index (χ0) is 14.2. The van der Waals surface area contributed by atoms with Gasteiger partial charge in [-0.25, -0.2) is 0 Å². The van der Waals surface area contributed by atoms with Crippen LogP contribution in [0.2, 0.25) is 0 Å². The highest BCUT2D eigenvalue weighted by atomic mass is 16.5. The van der Waals surface area contributed by atoms with Crippen molar-refractivity contribution in [3.63, 3.8) is 0 Å². The molecule has 1 N–H and O–H groups in total. The lowest BCUT2D eigenvalue weighted by Gasteiger charge is -2.06. The van der Waals surface area contributed by atoms with Gasteiger partial charge in [-0.3, -0.25) is 9.78 Å². The molecule has 0 unspecified atom stereocenters. The monoisotopic (exact) mass is 270 g/mol. The summed E-state index contributed by atoms with van der Waals surface area (Å²) in [4.78, 5) is 15.7. The number of ether oxygens (including phenoxy) is 1. The molecule has 0 bridgehead atoms. The van der Waals surface area contributed by atoms with E-state index in [4.69, 9.17) is 4.74 Å². The number of hydrogen-bond acceptors (Lipinski definition) is 3. The fourth-order valence-corrected chi connectivity index (χ4v) is 1.88. The van der Waals surface area contributed by atoms with Crippen molar-refractivity contribution >= 4 is 5.91 Å². The van der Waals surface area contributed by atoms with Crippen LogP contribution < -0.4 is 10.1 Å². The van der Waals surface area contributed by atoms with Crippen molar-refractivity contribution in [1.29, 1.82) is 0 Å². The summed E-state index contributed by atoms with van der Waals surface area (Å²) in [5.41, 5.74) is 2.15. The highest BCUT2D eigenvalue weighted by Crippen LogP contribution is 2.13. The van der Waals surface area contributed by atoms with E-state index in [1.165, 1.54) is 0 Å². The largest absolute Gasteiger partial charge is 0.497 e. The molecule has 0 atom stereocenters. The number of pyridine rings is 1. The van der Waals surface area contributed by atoms with Crippen LogP contribution in [-0.2, 0) is 17.8 Å². The van der Waals surface area contributed by atoms with Gasteiger partial charge in [0.15, 0.2) is 0 Å². The molecule has 1 amide bonds. The van der Waals surface area contributed by atoms with Gasteiger partial charge in [0.05, 0.1) is 7.11 Å². The van der Waals surface area contributed by atoms with Gasteiger partial charge in [-0.2, -0.15) is 0 Å². The van der Waals surface area contributed by atoms with E-state index >= 15 is 0 Å². The third-order valence-corrected chi connectivity index (χ3v) is 3.01. The van der Waals surface area contributed by atoms with Gasteiger partial charge in [0, 0.05) is 25.4 Å². The van der Waals surface area contributed by atoms with E-state index in [-0.39, 0.29) is 5.91 Å². The zero-order valence-electron chi connectivity index (χ0n) is 11.5. The van der Waals surface area contributed by atoms with Crippen molar-refractivity contribution in [3.8, 4) is 5.75 Å². The molecule has 2 rings (SSSR count). The Bertz CT molecular complexity index is 555. The number of aryl methyl sites for hydroxylation is 1. The zero-order valence-corrected chi connectivity index (χ0v) is 11.5. The van der Waals surface area contributed by atoms with Crippen LogP contribution in [0.1, 0.15) is 17.5 Å². The van der Waals surface area contributed by atoms with E-state index in [2.05, 4.69) is 10.3 Å². The standard InChI is InChI=1S/C16H18N2O2/c1-20-15-4-2-3-13(11-15)5-6-16(19)18-12-14-7-9-17-10-8-14/h2-4,7-11H,5-6,12H2,1H3,(H,18,19). The first-order valence-corrected chi connectivity index (χ1v) is 6.56. The Morgan fingerprint density at radius 3 is 2.75 bits per heavy atom. The number of nitrogens with one attached hydrogen (secondary N) is 1. The minimum absolute atomic E-state index is 0.0460. The number of amides is 1. The van der Waals surface area contributed by atoms with Gasteiger partial charge in [0.25, 0.3) is 0 Å². The molecule has 0 saturated heterocycles. The Morgan fingerprint density at radius 2 is 2.00 bits per heavy atom.